The van der Waals surface area contributed by atoms with Gasteiger partial charge in [0.05, 0.1) is 22.9 Å². The van der Waals surface area contributed by atoms with Crippen molar-refractivity contribution >= 4 is 53.0 Å². The second kappa shape index (κ2) is 21.6. The molecule has 0 radical (unpaired) electrons. The molecule has 0 saturated carbocycles. The van der Waals surface area contributed by atoms with E-state index in [0.29, 0.717) is 9.79 Å². The molecule has 0 unspecified atom stereocenters. The van der Waals surface area contributed by atoms with E-state index >= 15 is 0 Å². The molecule has 0 spiro atoms. The van der Waals surface area contributed by atoms with Crippen LogP contribution in [0.5, 0.6) is 0 Å². The lowest BCUT2D eigenvalue weighted by Crippen LogP contribution is -2.32. The predicted molar refractivity (Wildman–Crippen MR) is 308 cm³/mol. The number of para-hydroxylation sites is 2. The first-order valence-electron chi connectivity index (χ1n) is 26.0. The van der Waals surface area contributed by atoms with E-state index in [-0.39, 0.29) is 24.9 Å². The van der Waals surface area contributed by atoms with Crippen LogP contribution in [0.15, 0.2) is 252 Å². The molecule has 12 rings (SSSR count). The highest BCUT2D eigenvalue weighted by Crippen LogP contribution is 2.51. The Morgan fingerprint density at radius 1 is 0.408 bits per heavy atom. The van der Waals surface area contributed by atoms with Crippen LogP contribution in [-0.4, -0.2) is 35.4 Å². The normalized spacial score (nSPS) is 15.8. The Morgan fingerprint density at radius 3 is 1.11 bits per heavy atom. The topological polar surface area (TPSA) is 106 Å². The van der Waals surface area contributed by atoms with Crippen LogP contribution in [0.25, 0.3) is 33.0 Å². The summed E-state index contributed by atoms with van der Waals surface area (Å²) in [6.45, 7) is 4.47. The number of hydrogen-bond acceptors (Lipinski definition) is 4. The van der Waals surface area contributed by atoms with Gasteiger partial charge in [-0.2, -0.15) is 0 Å². The zero-order valence-electron chi connectivity index (χ0n) is 42.7. The SMILES string of the molecule is Cc1ccc(S(=O)(=O)N(Cc2ccccc2)C2=C(c3ccccc3)CC[C@@H]2c2c[nH]c3ccccc23)cc1.Cc1ccc(S(=O)(=O)N(Cc2ccccc2)C2=C(c3ccccc3)CC[C@H]2c2c[nH]c3ccccc23)cc1. The molecule has 0 amide bonds. The lowest BCUT2D eigenvalue weighted by Gasteiger charge is -2.31. The van der Waals surface area contributed by atoms with Gasteiger partial charge in [0.1, 0.15) is 0 Å². The van der Waals surface area contributed by atoms with Crippen LogP contribution >= 0.6 is 0 Å². The van der Waals surface area contributed by atoms with E-state index in [9.17, 15) is 16.8 Å². The Labute approximate surface area is 446 Å². The molecule has 8 nitrogen and oxygen atoms in total. The fourth-order valence-corrected chi connectivity index (χ4v) is 14.3. The zero-order chi connectivity index (χ0) is 52.2. The zero-order valence-corrected chi connectivity index (χ0v) is 44.3. The number of aryl methyl sites for hydroxylation is 2. The van der Waals surface area contributed by atoms with Gasteiger partial charge in [-0.25, -0.2) is 16.8 Å². The van der Waals surface area contributed by atoms with Crippen LogP contribution in [0.4, 0.5) is 0 Å². The Balaban J connectivity index is 0.000000162. The van der Waals surface area contributed by atoms with Gasteiger partial charge < -0.3 is 9.97 Å². The number of aromatic nitrogens is 2. The molecule has 10 heteroatoms. The second-order valence-electron chi connectivity index (χ2n) is 19.8. The molecule has 2 N–H and O–H groups in total. The van der Waals surface area contributed by atoms with Crippen molar-refractivity contribution < 1.29 is 16.8 Å². The minimum absolute atomic E-state index is 0.0645. The van der Waals surface area contributed by atoms with E-state index in [4.69, 9.17) is 0 Å². The Hall–Kier alpha value is -8.18. The fourth-order valence-electron chi connectivity index (χ4n) is 11.2. The van der Waals surface area contributed by atoms with Gasteiger partial charge in [-0.1, -0.05) is 193 Å². The summed E-state index contributed by atoms with van der Waals surface area (Å²) in [6.07, 6.45) is 7.41. The number of fused-ring (bicyclic) bond motifs is 2. The van der Waals surface area contributed by atoms with Crippen molar-refractivity contribution in [1.82, 2.24) is 18.6 Å². The predicted octanol–water partition coefficient (Wildman–Crippen LogP) is 15.3. The maximum Gasteiger partial charge on any atom is 0.264 e. The average molecular weight is 1040 g/mol. The number of aromatic amines is 2. The standard InChI is InChI=1S/2C33H30N2O2S/c2*1-24-16-18-27(19-17-24)38(36,37)35(23-25-10-4-2-5-11-25)33-28(26-12-6-3-7-13-26)20-21-30(33)31-22-34-32-15-9-8-14-29(31)32/h2*2-19,22,30,34H,20-21,23H2,1H3/t2*30-/m10/s1. The van der Waals surface area contributed by atoms with E-state index in [1.807, 2.05) is 159 Å². The van der Waals surface area contributed by atoms with Crippen LogP contribution in [0.3, 0.4) is 0 Å². The summed E-state index contributed by atoms with van der Waals surface area (Å²) >= 11 is 0. The number of sulfonamides is 2. The second-order valence-corrected chi connectivity index (χ2v) is 23.6. The Bertz CT molecular complexity index is 3670. The molecule has 0 bridgehead atoms. The van der Waals surface area contributed by atoms with Crippen molar-refractivity contribution in [2.45, 2.75) is 74.2 Å². The van der Waals surface area contributed by atoms with E-state index in [2.05, 4.69) is 70.9 Å². The van der Waals surface area contributed by atoms with Gasteiger partial charge in [-0.05, 0) is 120 Å². The van der Waals surface area contributed by atoms with Crippen LogP contribution in [-0.2, 0) is 33.1 Å². The van der Waals surface area contributed by atoms with Crippen LogP contribution < -0.4 is 0 Å². The monoisotopic (exact) mass is 1040 g/mol. The third-order valence-electron chi connectivity index (χ3n) is 15.0. The quantitative estimate of drug-likeness (QED) is 0.113. The smallest absolute Gasteiger partial charge is 0.264 e. The lowest BCUT2D eigenvalue weighted by molar-refractivity contribution is 0.450. The summed E-state index contributed by atoms with van der Waals surface area (Å²) in [6, 6.07) is 71.1. The number of benzene rings is 8. The lowest BCUT2D eigenvalue weighted by atomic mass is 9.95. The first kappa shape index (κ1) is 50.0. The molecule has 2 aliphatic rings. The minimum Gasteiger partial charge on any atom is -0.361 e. The van der Waals surface area contributed by atoms with Crippen molar-refractivity contribution in [2.24, 2.45) is 0 Å². The van der Waals surface area contributed by atoms with Gasteiger partial charge in [0.15, 0.2) is 0 Å². The van der Waals surface area contributed by atoms with Crippen molar-refractivity contribution in [3.8, 4) is 0 Å². The first-order valence-corrected chi connectivity index (χ1v) is 28.9. The van der Waals surface area contributed by atoms with Crippen LogP contribution in [0.2, 0.25) is 0 Å². The number of rotatable bonds is 14. The summed E-state index contributed by atoms with van der Waals surface area (Å²) < 4.78 is 61.2. The van der Waals surface area contributed by atoms with E-state index in [0.717, 1.165) is 115 Å². The summed E-state index contributed by atoms with van der Waals surface area (Å²) in [5, 5.41) is 2.27. The number of H-pyrrole nitrogens is 2. The number of allylic oxidation sites excluding steroid dienone is 4. The molecule has 0 fully saturated rings. The van der Waals surface area contributed by atoms with E-state index in [1.165, 1.54) is 0 Å². The molecule has 8 aromatic carbocycles. The maximum absolute atomic E-state index is 14.5. The van der Waals surface area contributed by atoms with Gasteiger partial charge in [-0.15, -0.1) is 0 Å². The average Bonchev–Trinajstić information content (AvgIpc) is 4.29. The summed E-state index contributed by atoms with van der Waals surface area (Å²) in [4.78, 5) is 7.45. The summed E-state index contributed by atoms with van der Waals surface area (Å²) in [7, 11) is -7.70. The molecule has 10 aromatic rings. The van der Waals surface area contributed by atoms with Crippen molar-refractivity contribution in [3.63, 3.8) is 0 Å². The van der Waals surface area contributed by atoms with Crippen molar-refractivity contribution in [2.75, 3.05) is 0 Å². The first-order chi connectivity index (χ1) is 37.0. The number of hydrogen-bond donors (Lipinski definition) is 2. The minimum atomic E-state index is -3.85. The van der Waals surface area contributed by atoms with Gasteiger partial charge in [0.25, 0.3) is 20.0 Å². The number of nitrogens with zero attached hydrogens (tertiary/aromatic N) is 2. The van der Waals surface area contributed by atoms with Gasteiger partial charge >= 0.3 is 0 Å². The molecule has 0 aliphatic heterocycles. The molecular formula is C66H60N4O4S2. The van der Waals surface area contributed by atoms with Crippen LogP contribution in [0, 0.1) is 13.8 Å². The molecule has 2 heterocycles. The van der Waals surface area contributed by atoms with Gasteiger partial charge in [0, 0.05) is 57.4 Å². The molecule has 76 heavy (non-hydrogen) atoms. The third-order valence-corrected chi connectivity index (χ3v) is 18.5. The van der Waals surface area contributed by atoms with Crippen molar-refractivity contribution in [1.29, 1.82) is 0 Å². The summed E-state index contributed by atoms with van der Waals surface area (Å²) in [5.74, 6) is -0.129. The summed E-state index contributed by atoms with van der Waals surface area (Å²) in [5.41, 5.74) is 14.4. The fraction of sp³-hybridized carbons (Fsp3) is 0.152. The maximum atomic E-state index is 14.5. The molecule has 2 aliphatic carbocycles. The highest BCUT2D eigenvalue weighted by molar-refractivity contribution is 7.89. The van der Waals surface area contributed by atoms with Crippen molar-refractivity contribution in [3.05, 3.63) is 287 Å². The van der Waals surface area contributed by atoms with E-state index in [1.54, 1.807) is 32.9 Å². The highest BCUT2D eigenvalue weighted by Gasteiger charge is 2.40. The van der Waals surface area contributed by atoms with E-state index < -0.39 is 20.0 Å². The van der Waals surface area contributed by atoms with Gasteiger partial charge in [-0.3, -0.25) is 8.61 Å². The molecule has 0 saturated heterocycles. The molecular weight excluding hydrogens is 977 g/mol. The number of nitrogens with one attached hydrogen (secondary N) is 2. The Kier molecular flexibility index (Phi) is 14.2. The molecule has 2 aromatic heterocycles. The molecule has 2 atom stereocenters. The molecule has 380 valence electrons. The Morgan fingerprint density at radius 2 is 0.737 bits per heavy atom. The van der Waals surface area contributed by atoms with Crippen LogP contribution in [0.1, 0.15) is 82.0 Å². The highest BCUT2D eigenvalue weighted by atomic mass is 32.2. The third kappa shape index (κ3) is 10.1. The largest absolute Gasteiger partial charge is 0.361 e. The van der Waals surface area contributed by atoms with Gasteiger partial charge in [0.2, 0.25) is 0 Å².